The van der Waals surface area contributed by atoms with E-state index in [-0.39, 0.29) is 0 Å². The predicted molar refractivity (Wildman–Crippen MR) is 95.6 cm³/mol. The van der Waals surface area contributed by atoms with Gasteiger partial charge in [-0.05, 0) is 27.1 Å². The molecule has 24 heavy (non-hydrogen) atoms. The molecule has 0 unspecified atom stereocenters. The quantitative estimate of drug-likeness (QED) is 0.537. The first-order valence-electron chi connectivity index (χ1n) is 7.55. The molecule has 0 radical (unpaired) electrons. The molecule has 0 aromatic heterocycles. The van der Waals surface area contributed by atoms with E-state index in [1.54, 1.807) is 6.07 Å². The molecule has 122 valence electrons. The van der Waals surface area contributed by atoms with Gasteiger partial charge in [-0.25, -0.2) is 4.39 Å². The Kier molecular flexibility index (Phi) is 5.49. The minimum absolute atomic E-state index is 0.297. The van der Waals surface area contributed by atoms with Gasteiger partial charge in [0.15, 0.2) is 0 Å². The van der Waals surface area contributed by atoms with Crippen molar-refractivity contribution in [3.63, 3.8) is 0 Å². The predicted octanol–water partition coefficient (Wildman–Crippen LogP) is 5.75. The fourth-order valence-corrected chi connectivity index (χ4v) is 2.55. The Morgan fingerprint density at radius 2 is 1.29 bits per heavy atom. The summed E-state index contributed by atoms with van der Waals surface area (Å²) in [5, 5.41) is 0. The third kappa shape index (κ3) is 4.36. The van der Waals surface area contributed by atoms with E-state index in [4.69, 9.17) is 9.47 Å². The summed E-state index contributed by atoms with van der Waals surface area (Å²) in [5.41, 5.74) is 2.04. The maximum Gasteiger partial charge on any atom is 0.144 e. The first kappa shape index (κ1) is 16.5. The highest BCUT2D eigenvalue weighted by atomic mass is 79.9. The molecule has 2 nitrogen and oxygen atoms in total. The van der Waals surface area contributed by atoms with Crippen LogP contribution in [-0.4, -0.2) is 0 Å². The highest BCUT2D eigenvalue weighted by molar-refractivity contribution is 9.10. The topological polar surface area (TPSA) is 18.5 Å². The van der Waals surface area contributed by atoms with E-state index in [9.17, 15) is 4.39 Å². The van der Waals surface area contributed by atoms with Gasteiger partial charge in [-0.15, -0.1) is 0 Å². The normalized spacial score (nSPS) is 10.4. The first-order chi connectivity index (χ1) is 11.7. The lowest BCUT2D eigenvalue weighted by atomic mass is 10.2. The van der Waals surface area contributed by atoms with Crippen LogP contribution >= 0.6 is 15.9 Å². The van der Waals surface area contributed by atoms with E-state index in [1.807, 2.05) is 60.7 Å². The standard InChI is InChI=1S/C20H16BrFO2/c21-20-18(22)11-17(23-13-15-7-3-1-4-8-15)12-19(20)24-14-16-9-5-2-6-10-16/h1-12H,13-14H2. The highest BCUT2D eigenvalue weighted by Gasteiger charge is 2.11. The second-order valence-electron chi connectivity index (χ2n) is 5.27. The molecule has 3 aromatic rings. The largest absolute Gasteiger partial charge is 0.489 e. The summed E-state index contributed by atoms with van der Waals surface area (Å²) in [5.74, 6) is 0.438. The van der Waals surface area contributed by atoms with Crippen molar-refractivity contribution in [3.8, 4) is 11.5 Å². The number of halogens is 2. The van der Waals surface area contributed by atoms with Gasteiger partial charge in [-0.2, -0.15) is 0 Å². The lowest BCUT2D eigenvalue weighted by molar-refractivity contribution is 0.285. The molecule has 0 spiro atoms. The van der Waals surface area contributed by atoms with Crippen molar-refractivity contribution in [1.82, 2.24) is 0 Å². The third-order valence-corrected chi connectivity index (χ3v) is 4.22. The SMILES string of the molecule is Fc1cc(OCc2ccccc2)cc(OCc2ccccc2)c1Br. The summed E-state index contributed by atoms with van der Waals surface area (Å²) in [6.45, 7) is 0.737. The van der Waals surface area contributed by atoms with Gasteiger partial charge in [0.05, 0.1) is 4.47 Å². The monoisotopic (exact) mass is 386 g/mol. The van der Waals surface area contributed by atoms with Gasteiger partial charge in [-0.1, -0.05) is 60.7 Å². The minimum atomic E-state index is -0.413. The molecule has 3 rings (SSSR count). The van der Waals surface area contributed by atoms with Crippen LogP contribution in [0.25, 0.3) is 0 Å². The van der Waals surface area contributed by atoms with Crippen LogP contribution in [0.2, 0.25) is 0 Å². The van der Waals surface area contributed by atoms with Gasteiger partial charge in [0.1, 0.15) is 30.5 Å². The first-order valence-corrected chi connectivity index (χ1v) is 8.34. The van der Waals surface area contributed by atoms with Crippen molar-refractivity contribution in [2.24, 2.45) is 0 Å². The third-order valence-electron chi connectivity index (χ3n) is 3.45. The molecule has 0 aliphatic carbocycles. The van der Waals surface area contributed by atoms with E-state index < -0.39 is 5.82 Å². The Morgan fingerprint density at radius 1 is 0.750 bits per heavy atom. The molecule has 0 heterocycles. The summed E-state index contributed by atoms with van der Waals surface area (Å²) in [6, 6.07) is 22.5. The summed E-state index contributed by atoms with van der Waals surface area (Å²) in [4.78, 5) is 0. The number of benzene rings is 3. The molecule has 0 bridgehead atoms. The molecule has 0 aliphatic heterocycles. The van der Waals surface area contributed by atoms with Gasteiger partial charge < -0.3 is 9.47 Å². The van der Waals surface area contributed by atoms with E-state index in [0.29, 0.717) is 29.2 Å². The minimum Gasteiger partial charge on any atom is -0.489 e. The number of rotatable bonds is 6. The van der Waals surface area contributed by atoms with Crippen LogP contribution in [-0.2, 0) is 13.2 Å². The average molecular weight is 387 g/mol. The van der Waals surface area contributed by atoms with E-state index in [1.165, 1.54) is 6.07 Å². The van der Waals surface area contributed by atoms with Crippen molar-refractivity contribution in [3.05, 3.63) is 94.2 Å². The molecule has 0 saturated carbocycles. The maximum atomic E-state index is 14.1. The van der Waals surface area contributed by atoms with Crippen molar-refractivity contribution >= 4 is 15.9 Å². The Balaban J connectivity index is 1.71. The zero-order chi connectivity index (χ0) is 16.8. The summed E-state index contributed by atoms with van der Waals surface area (Å²) in [6.07, 6.45) is 0. The van der Waals surface area contributed by atoms with Crippen LogP contribution in [0.5, 0.6) is 11.5 Å². The smallest absolute Gasteiger partial charge is 0.144 e. The second kappa shape index (κ2) is 7.97. The van der Waals surface area contributed by atoms with Crippen molar-refractivity contribution in [2.45, 2.75) is 13.2 Å². The molecule has 0 saturated heterocycles. The van der Waals surface area contributed by atoms with E-state index in [2.05, 4.69) is 15.9 Å². The lowest BCUT2D eigenvalue weighted by Gasteiger charge is -2.12. The zero-order valence-corrected chi connectivity index (χ0v) is 14.5. The number of hydrogen-bond donors (Lipinski definition) is 0. The van der Waals surface area contributed by atoms with Crippen LogP contribution in [0.1, 0.15) is 11.1 Å². The Bertz CT molecular complexity index is 791. The second-order valence-corrected chi connectivity index (χ2v) is 6.06. The van der Waals surface area contributed by atoms with Crippen molar-refractivity contribution < 1.29 is 13.9 Å². The number of ether oxygens (including phenoxy) is 2. The van der Waals surface area contributed by atoms with Crippen LogP contribution in [0, 0.1) is 5.82 Å². The summed E-state index contributed by atoms with van der Waals surface area (Å²) >= 11 is 3.23. The zero-order valence-electron chi connectivity index (χ0n) is 12.9. The van der Waals surface area contributed by atoms with Crippen LogP contribution in [0.3, 0.4) is 0 Å². The summed E-state index contributed by atoms with van der Waals surface area (Å²) in [7, 11) is 0. The van der Waals surface area contributed by atoms with Crippen molar-refractivity contribution in [2.75, 3.05) is 0 Å². The van der Waals surface area contributed by atoms with Crippen LogP contribution in [0.4, 0.5) is 4.39 Å². The van der Waals surface area contributed by atoms with Gasteiger partial charge in [0, 0.05) is 12.1 Å². The molecule has 0 aliphatic rings. The average Bonchev–Trinajstić information content (AvgIpc) is 2.63. The Morgan fingerprint density at radius 3 is 1.88 bits per heavy atom. The van der Waals surface area contributed by atoms with Crippen molar-refractivity contribution in [1.29, 1.82) is 0 Å². The Hall–Kier alpha value is -2.33. The van der Waals surface area contributed by atoms with Gasteiger partial charge in [0.2, 0.25) is 0 Å². The molecule has 0 N–H and O–H groups in total. The lowest BCUT2D eigenvalue weighted by Crippen LogP contribution is -2.00. The van der Waals surface area contributed by atoms with Crippen LogP contribution < -0.4 is 9.47 Å². The van der Waals surface area contributed by atoms with E-state index in [0.717, 1.165) is 11.1 Å². The maximum absolute atomic E-state index is 14.1. The van der Waals surface area contributed by atoms with Gasteiger partial charge in [0.25, 0.3) is 0 Å². The fraction of sp³-hybridized carbons (Fsp3) is 0.100. The molecule has 3 aromatic carbocycles. The molecular formula is C20H16BrFO2. The fourth-order valence-electron chi connectivity index (χ4n) is 2.20. The highest BCUT2D eigenvalue weighted by Crippen LogP contribution is 2.33. The molecule has 4 heteroatoms. The van der Waals surface area contributed by atoms with Gasteiger partial charge in [-0.3, -0.25) is 0 Å². The molecule has 0 fully saturated rings. The van der Waals surface area contributed by atoms with Gasteiger partial charge >= 0.3 is 0 Å². The Labute approximate surface area is 149 Å². The molecule has 0 amide bonds. The summed E-state index contributed by atoms with van der Waals surface area (Å²) < 4.78 is 25.8. The molecular weight excluding hydrogens is 371 g/mol. The number of hydrogen-bond acceptors (Lipinski definition) is 2. The molecule has 0 atom stereocenters. The van der Waals surface area contributed by atoms with E-state index >= 15 is 0 Å². The van der Waals surface area contributed by atoms with Crippen LogP contribution in [0.15, 0.2) is 77.3 Å².